The molecule has 9 heteroatoms. The lowest BCUT2D eigenvalue weighted by atomic mass is 9.91. The van der Waals surface area contributed by atoms with Gasteiger partial charge >= 0.3 is 6.09 Å². The molecule has 2 rings (SSSR count). The summed E-state index contributed by atoms with van der Waals surface area (Å²) in [6, 6.07) is 10.5. The molecule has 2 atom stereocenters. The van der Waals surface area contributed by atoms with Crippen LogP contribution in [0.5, 0.6) is 11.5 Å². The fourth-order valence-electron chi connectivity index (χ4n) is 4.19. The summed E-state index contributed by atoms with van der Waals surface area (Å²) < 4.78 is 5.47. The molecule has 0 saturated heterocycles. The molecule has 220 valence electrons. The maximum atomic E-state index is 14.5. The molecule has 0 heterocycles. The van der Waals surface area contributed by atoms with E-state index in [1.807, 2.05) is 27.7 Å². The van der Waals surface area contributed by atoms with E-state index in [2.05, 4.69) is 10.6 Å². The number of aromatic hydroxyl groups is 2. The molecule has 2 aromatic rings. The molecule has 0 saturated carbocycles. The first-order chi connectivity index (χ1) is 18.7. The molecule has 0 aliphatic carbocycles. The fourth-order valence-corrected chi connectivity index (χ4v) is 4.19. The van der Waals surface area contributed by atoms with Gasteiger partial charge < -0.3 is 30.5 Å². The number of phenolic OH excluding ortho intramolecular Hbond substituents is 2. The predicted molar refractivity (Wildman–Crippen MR) is 155 cm³/mol. The first-order valence-corrected chi connectivity index (χ1v) is 13.9. The van der Waals surface area contributed by atoms with Gasteiger partial charge in [-0.1, -0.05) is 44.5 Å². The highest BCUT2D eigenvalue weighted by Gasteiger charge is 2.43. The van der Waals surface area contributed by atoms with Crippen LogP contribution >= 0.6 is 0 Å². The van der Waals surface area contributed by atoms with Crippen LogP contribution in [0.25, 0.3) is 0 Å². The summed E-state index contributed by atoms with van der Waals surface area (Å²) >= 11 is 0. The van der Waals surface area contributed by atoms with Gasteiger partial charge in [-0.3, -0.25) is 9.59 Å². The molecule has 40 heavy (non-hydrogen) atoms. The zero-order valence-electron chi connectivity index (χ0n) is 24.8. The molecule has 0 aliphatic rings. The van der Waals surface area contributed by atoms with E-state index >= 15 is 0 Å². The number of nitrogens with zero attached hydrogens (tertiary/aromatic N) is 1. The minimum atomic E-state index is -1.08. The molecule has 2 unspecified atom stereocenters. The summed E-state index contributed by atoms with van der Waals surface area (Å²) in [6.07, 6.45) is 1.54. The number of hydrogen-bond acceptors (Lipinski definition) is 6. The number of carbonyl (C=O) groups is 3. The summed E-state index contributed by atoms with van der Waals surface area (Å²) in [6.45, 7) is 13.4. The van der Waals surface area contributed by atoms with Gasteiger partial charge in [0.2, 0.25) is 11.8 Å². The Balaban J connectivity index is 2.62. The van der Waals surface area contributed by atoms with Gasteiger partial charge in [-0.2, -0.15) is 0 Å². The summed E-state index contributed by atoms with van der Waals surface area (Å²) in [7, 11) is 0. The maximum absolute atomic E-state index is 14.5. The quantitative estimate of drug-likeness (QED) is 0.266. The monoisotopic (exact) mass is 555 g/mol. The molecule has 0 bridgehead atoms. The molecule has 0 aromatic heterocycles. The first-order valence-electron chi connectivity index (χ1n) is 13.9. The molecule has 3 amide bonds. The lowest BCUT2D eigenvalue weighted by molar-refractivity contribution is -0.149. The SMILES string of the molecule is CCCCNC(=O)C(c1ccc(O)cc1)N(C(=O)C(Cc1ccc(O)cc1)NC(=O)OC(C)(C)C)C(C)(C)CC. The van der Waals surface area contributed by atoms with E-state index in [1.165, 1.54) is 29.2 Å². The third-order valence-electron chi connectivity index (χ3n) is 6.66. The Labute approximate surface area is 237 Å². The van der Waals surface area contributed by atoms with Crippen molar-refractivity contribution in [3.05, 3.63) is 59.7 Å². The van der Waals surface area contributed by atoms with Crippen molar-refractivity contribution in [2.45, 2.75) is 97.4 Å². The van der Waals surface area contributed by atoms with Gasteiger partial charge in [0, 0.05) is 18.5 Å². The Bertz CT molecular complexity index is 1120. The van der Waals surface area contributed by atoms with Gasteiger partial charge in [0.25, 0.3) is 0 Å². The number of hydrogen-bond donors (Lipinski definition) is 4. The van der Waals surface area contributed by atoms with Crippen LogP contribution in [-0.4, -0.2) is 56.7 Å². The van der Waals surface area contributed by atoms with Crippen molar-refractivity contribution in [2.24, 2.45) is 0 Å². The second-order valence-corrected chi connectivity index (χ2v) is 11.6. The molecule has 2 aromatic carbocycles. The van der Waals surface area contributed by atoms with Crippen molar-refractivity contribution in [3.8, 4) is 11.5 Å². The summed E-state index contributed by atoms with van der Waals surface area (Å²) in [5, 5.41) is 25.3. The normalized spacial score (nSPS) is 13.2. The number of ether oxygens (including phenoxy) is 1. The second kappa shape index (κ2) is 14.1. The number of rotatable bonds is 12. The molecule has 0 aliphatic heterocycles. The van der Waals surface area contributed by atoms with Gasteiger partial charge in [0.05, 0.1) is 0 Å². The number of nitrogens with one attached hydrogen (secondary N) is 2. The zero-order chi connectivity index (χ0) is 30.1. The van der Waals surface area contributed by atoms with Crippen molar-refractivity contribution in [2.75, 3.05) is 6.54 Å². The molecule has 0 radical (unpaired) electrons. The van der Waals surface area contributed by atoms with Crippen molar-refractivity contribution in [1.82, 2.24) is 15.5 Å². The Morgan fingerprint density at radius 3 is 1.95 bits per heavy atom. The zero-order valence-corrected chi connectivity index (χ0v) is 24.8. The van der Waals surface area contributed by atoms with E-state index in [9.17, 15) is 24.6 Å². The van der Waals surface area contributed by atoms with Crippen molar-refractivity contribution >= 4 is 17.9 Å². The fraction of sp³-hybridized carbons (Fsp3) is 0.516. The Morgan fingerprint density at radius 2 is 1.45 bits per heavy atom. The number of amides is 3. The third-order valence-corrected chi connectivity index (χ3v) is 6.66. The Hall–Kier alpha value is -3.75. The van der Waals surface area contributed by atoms with Crippen molar-refractivity contribution in [3.63, 3.8) is 0 Å². The van der Waals surface area contributed by atoms with E-state index in [4.69, 9.17) is 4.74 Å². The van der Waals surface area contributed by atoms with Gasteiger partial charge in [-0.25, -0.2) is 4.79 Å². The highest BCUT2D eigenvalue weighted by atomic mass is 16.6. The van der Waals surface area contributed by atoms with Crippen molar-refractivity contribution in [1.29, 1.82) is 0 Å². The number of benzene rings is 2. The van der Waals surface area contributed by atoms with Crippen LogP contribution in [0.4, 0.5) is 4.79 Å². The summed E-state index contributed by atoms with van der Waals surface area (Å²) in [5.74, 6) is -0.695. The highest BCUT2D eigenvalue weighted by Crippen LogP contribution is 2.33. The van der Waals surface area contributed by atoms with Crippen LogP contribution < -0.4 is 10.6 Å². The topological polar surface area (TPSA) is 128 Å². The first kappa shape index (κ1) is 32.5. The Kier molecular flexibility index (Phi) is 11.4. The molecule has 0 spiro atoms. The summed E-state index contributed by atoms with van der Waals surface area (Å²) in [4.78, 5) is 42.7. The van der Waals surface area contributed by atoms with Crippen molar-refractivity contribution < 1.29 is 29.3 Å². The maximum Gasteiger partial charge on any atom is 0.408 e. The second-order valence-electron chi connectivity index (χ2n) is 11.6. The molecular weight excluding hydrogens is 510 g/mol. The van der Waals surface area contributed by atoms with Crippen LogP contribution in [-0.2, 0) is 20.7 Å². The average molecular weight is 556 g/mol. The third kappa shape index (κ3) is 9.47. The van der Waals surface area contributed by atoms with Crippen LogP contribution in [0, 0.1) is 0 Å². The lowest BCUT2D eigenvalue weighted by Crippen LogP contribution is -2.59. The van der Waals surface area contributed by atoms with E-state index in [1.54, 1.807) is 45.0 Å². The number of unbranched alkanes of at least 4 members (excludes halogenated alkanes) is 1. The molecular formula is C31H45N3O6. The number of carbonyl (C=O) groups excluding carboxylic acids is 3. The van der Waals surface area contributed by atoms with Crippen LogP contribution in [0.15, 0.2) is 48.5 Å². The van der Waals surface area contributed by atoms with E-state index in [0.29, 0.717) is 24.1 Å². The standard InChI is InChI=1S/C31H45N3O6/c1-8-10-19-32-27(37)26(22-13-17-24(36)18-14-22)34(31(6,7)9-2)28(38)25(33-29(39)40-30(3,4)5)20-21-11-15-23(35)16-12-21/h11-18,25-26,35-36H,8-10,19-20H2,1-7H3,(H,32,37)(H,33,39). The van der Waals surface area contributed by atoms with Crippen LogP contribution in [0.3, 0.4) is 0 Å². The van der Waals surface area contributed by atoms with Crippen LogP contribution in [0.2, 0.25) is 0 Å². The number of alkyl carbamates (subject to hydrolysis) is 1. The van der Waals surface area contributed by atoms with E-state index < -0.39 is 35.2 Å². The number of phenols is 2. The molecule has 9 nitrogen and oxygen atoms in total. The lowest BCUT2D eigenvalue weighted by Gasteiger charge is -2.44. The van der Waals surface area contributed by atoms with Gasteiger partial charge in [0.15, 0.2) is 0 Å². The predicted octanol–water partition coefficient (Wildman–Crippen LogP) is 5.21. The van der Waals surface area contributed by atoms with E-state index in [0.717, 1.165) is 12.8 Å². The smallest absolute Gasteiger partial charge is 0.408 e. The molecule has 0 fully saturated rings. The molecule has 4 N–H and O–H groups in total. The minimum absolute atomic E-state index is 0.0401. The van der Waals surface area contributed by atoms with E-state index in [-0.39, 0.29) is 23.8 Å². The Morgan fingerprint density at radius 1 is 0.900 bits per heavy atom. The van der Waals surface area contributed by atoms with Gasteiger partial charge in [0.1, 0.15) is 29.2 Å². The minimum Gasteiger partial charge on any atom is -0.508 e. The summed E-state index contributed by atoms with van der Waals surface area (Å²) in [5.41, 5.74) is -0.353. The largest absolute Gasteiger partial charge is 0.508 e. The van der Waals surface area contributed by atoms with Gasteiger partial charge in [-0.15, -0.1) is 0 Å². The van der Waals surface area contributed by atoms with Gasteiger partial charge in [-0.05, 0) is 82.9 Å². The van der Waals surface area contributed by atoms with Crippen LogP contribution in [0.1, 0.15) is 84.9 Å². The highest BCUT2D eigenvalue weighted by molar-refractivity contribution is 5.93. The average Bonchev–Trinajstić information content (AvgIpc) is 2.87.